The number of halogens is 1. The van der Waals surface area contributed by atoms with E-state index in [4.69, 9.17) is 16.0 Å². The van der Waals surface area contributed by atoms with Crippen molar-refractivity contribution in [3.63, 3.8) is 0 Å². The predicted molar refractivity (Wildman–Crippen MR) is 101 cm³/mol. The maximum atomic E-state index is 12.6. The number of thiophene rings is 1. The van der Waals surface area contributed by atoms with Crippen molar-refractivity contribution in [1.29, 1.82) is 0 Å². The second kappa shape index (κ2) is 6.67. The molecular weight excluding hydrogens is 378 g/mol. The van der Waals surface area contributed by atoms with Crippen LogP contribution in [0.4, 0.5) is 0 Å². The fourth-order valence-electron chi connectivity index (χ4n) is 2.45. The fourth-order valence-corrected chi connectivity index (χ4v) is 4.50. The van der Waals surface area contributed by atoms with E-state index in [2.05, 4.69) is 15.0 Å². The molecule has 0 fully saturated rings. The SMILES string of the molecule is CC(Sc1ncccc1Cl)c1nc2scc(-c3ccco3)c2c(=O)[nH]1. The van der Waals surface area contributed by atoms with Crippen LogP contribution in [0.15, 0.2) is 56.3 Å². The number of pyridine rings is 1. The van der Waals surface area contributed by atoms with E-state index in [1.165, 1.54) is 23.1 Å². The van der Waals surface area contributed by atoms with Crippen LogP contribution in [-0.2, 0) is 0 Å². The van der Waals surface area contributed by atoms with Crippen molar-refractivity contribution in [1.82, 2.24) is 15.0 Å². The van der Waals surface area contributed by atoms with Gasteiger partial charge < -0.3 is 9.40 Å². The first-order chi connectivity index (χ1) is 12.1. The number of rotatable bonds is 4. The summed E-state index contributed by atoms with van der Waals surface area (Å²) >= 11 is 9.04. The van der Waals surface area contributed by atoms with E-state index in [1.807, 2.05) is 18.4 Å². The van der Waals surface area contributed by atoms with Gasteiger partial charge >= 0.3 is 0 Å². The Balaban J connectivity index is 1.72. The summed E-state index contributed by atoms with van der Waals surface area (Å²) in [7, 11) is 0. The quantitative estimate of drug-likeness (QED) is 0.489. The van der Waals surface area contributed by atoms with E-state index in [9.17, 15) is 4.79 Å². The molecule has 25 heavy (non-hydrogen) atoms. The topological polar surface area (TPSA) is 71.8 Å². The summed E-state index contributed by atoms with van der Waals surface area (Å²) in [6.07, 6.45) is 3.28. The first-order valence-electron chi connectivity index (χ1n) is 7.46. The Hall–Kier alpha value is -2.09. The number of aromatic nitrogens is 3. The van der Waals surface area contributed by atoms with Crippen LogP contribution in [0.2, 0.25) is 5.02 Å². The average molecular weight is 390 g/mol. The zero-order valence-corrected chi connectivity index (χ0v) is 15.4. The molecular formula is C17H12ClN3O2S2. The molecule has 1 unspecified atom stereocenters. The van der Waals surface area contributed by atoms with Crippen molar-refractivity contribution in [2.45, 2.75) is 17.2 Å². The number of nitrogens with one attached hydrogen (secondary N) is 1. The number of H-pyrrole nitrogens is 1. The molecule has 0 amide bonds. The van der Waals surface area contributed by atoms with Crippen LogP contribution in [0.3, 0.4) is 0 Å². The van der Waals surface area contributed by atoms with E-state index < -0.39 is 0 Å². The Labute approximate surface area is 156 Å². The summed E-state index contributed by atoms with van der Waals surface area (Å²) in [6.45, 7) is 1.96. The van der Waals surface area contributed by atoms with Crippen LogP contribution in [0.1, 0.15) is 18.0 Å². The van der Waals surface area contributed by atoms with Gasteiger partial charge in [0, 0.05) is 17.1 Å². The van der Waals surface area contributed by atoms with Gasteiger partial charge in [0.05, 0.1) is 21.9 Å². The third kappa shape index (κ3) is 3.10. The Morgan fingerprint density at radius 1 is 1.36 bits per heavy atom. The summed E-state index contributed by atoms with van der Waals surface area (Å²) in [5.41, 5.74) is 0.589. The normalized spacial score (nSPS) is 12.6. The van der Waals surface area contributed by atoms with E-state index in [0.717, 1.165) is 5.56 Å². The Morgan fingerprint density at radius 3 is 3.00 bits per heavy atom. The van der Waals surface area contributed by atoms with Gasteiger partial charge in [0.1, 0.15) is 21.4 Å². The molecule has 1 N–H and O–H groups in total. The Morgan fingerprint density at radius 2 is 2.24 bits per heavy atom. The molecule has 4 rings (SSSR count). The molecule has 0 aliphatic rings. The van der Waals surface area contributed by atoms with Crippen LogP contribution >= 0.6 is 34.7 Å². The average Bonchev–Trinajstić information content (AvgIpc) is 3.25. The minimum Gasteiger partial charge on any atom is -0.464 e. The maximum Gasteiger partial charge on any atom is 0.260 e. The molecule has 1 atom stereocenters. The number of aromatic amines is 1. The third-order valence-electron chi connectivity index (χ3n) is 3.65. The van der Waals surface area contributed by atoms with Crippen LogP contribution in [0, 0.1) is 0 Å². The number of hydrogen-bond donors (Lipinski definition) is 1. The van der Waals surface area contributed by atoms with Crippen molar-refractivity contribution >= 4 is 44.9 Å². The molecule has 0 aliphatic carbocycles. The van der Waals surface area contributed by atoms with Crippen LogP contribution in [0.5, 0.6) is 0 Å². The van der Waals surface area contributed by atoms with Gasteiger partial charge in [0.25, 0.3) is 5.56 Å². The highest BCUT2D eigenvalue weighted by Crippen LogP contribution is 2.37. The third-order valence-corrected chi connectivity index (χ3v) is 6.06. The fraction of sp³-hybridized carbons (Fsp3) is 0.118. The molecule has 0 bridgehead atoms. The Kier molecular flexibility index (Phi) is 4.37. The van der Waals surface area contributed by atoms with E-state index in [1.54, 1.807) is 30.7 Å². The minimum absolute atomic E-state index is 0.0985. The molecule has 0 aliphatic heterocycles. The second-order valence-electron chi connectivity index (χ2n) is 5.31. The summed E-state index contributed by atoms with van der Waals surface area (Å²) in [5, 5.41) is 3.64. The molecule has 5 nitrogen and oxygen atoms in total. The summed E-state index contributed by atoms with van der Waals surface area (Å²) in [4.78, 5) is 25.1. The second-order valence-corrected chi connectivity index (χ2v) is 7.90. The molecule has 8 heteroatoms. The highest BCUT2D eigenvalue weighted by atomic mass is 35.5. The van der Waals surface area contributed by atoms with Crippen molar-refractivity contribution in [2.75, 3.05) is 0 Å². The van der Waals surface area contributed by atoms with E-state index >= 15 is 0 Å². The van der Waals surface area contributed by atoms with E-state index in [-0.39, 0.29) is 10.8 Å². The van der Waals surface area contributed by atoms with Gasteiger partial charge in [-0.1, -0.05) is 23.4 Å². The van der Waals surface area contributed by atoms with Crippen molar-refractivity contribution in [3.8, 4) is 11.3 Å². The lowest BCUT2D eigenvalue weighted by Gasteiger charge is -2.10. The number of hydrogen-bond acceptors (Lipinski definition) is 6. The highest BCUT2D eigenvalue weighted by Gasteiger charge is 2.18. The number of nitrogens with zero attached hydrogens (tertiary/aromatic N) is 2. The first kappa shape index (κ1) is 16.4. The van der Waals surface area contributed by atoms with Crippen LogP contribution in [0.25, 0.3) is 21.5 Å². The van der Waals surface area contributed by atoms with Gasteiger partial charge in [-0.05, 0) is 31.2 Å². The van der Waals surface area contributed by atoms with Gasteiger partial charge in [-0.15, -0.1) is 11.3 Å². The number of furan rings is 1. The molecule has 0 saturated heterocycles. The molecule has 0 saturated carbocycles. The number of fused-ring (bicyclic) bond motifs is 1. The molecule has 0 radical (unpaired) electrons. The zero-order valence-electron chi connectivity index (χ0n) is 13.0. The Bertz CT molecular complexity index is 1090. The maximum absolute atomic E-state index is 12.6. The van der Waals surface area contributed by atoms with Gasteiger partial charge in [0.2, 0.25) is 0 Å². The monoisotopic (exact) mass is 389 g/mol. The lowest BCUT2D eigenvalue weighted by atomic mass is 10.2. The van der Waals surface area contributed by atoms with Gasteiger partial charge in [0.15, 0.2) is 0 Å². The van der Waals surface area contributed by atoms with Gasteiger partial charge in [-0.3, -0.25) is 4.79 Å². The van der Waals surface area contributed by atoms with Crippen LogP contribution < -0.4 is 5.56 Å². The zero-order chi connectivity index (χ0) is 17.4. The summed E-state index contributed by atoms with van der Waals surface area (Å²) in [5.74, 6) is 1.26. The summed E-state index contributed by atoms with van der Waals surface area (Å²) in [6, 6.07) is 7.20. The standard InChI is InChI=1S/C17H12ClN3O2S2/c1-9(25-16-11(18)4-2-6-19-16)14-20-15(22)13-10(8-24-17(13)21-14)12-5-3-7-23-12/h2-9H,1H3,(H,20,21,22). The van der Waals surface area contributed by atoms with Crippen molar-refractivity contribution in [3.05, 3.63) is 63.3 Å². The molecule has 4 aromatic heterocycles. The highest BCUT2D eigenvalue weighted by molar-refractivity contribution is 7.99. The molecule has 4 heterocycles. The summed E-state index contributed by atoms with van der Waals surface area (Å²) < 4.78 is 5.41. The van der Waals surface area contributed by atoms with Gasteiger partial charge in [-0.25, -0.2) is 9.97 Å². The van der Waals surface area contributed by atoms with Crippen molar-refractivity contribution in [2.24, 2.45) is 0 Å². The lowest BCUT2D eigenvalue weighted by Crippen LogP contribution is -2.12. The van der Waals surface area contributed by atoms with E-state index in [0.29, 0.717) is 31.8 Å². The molecule has 4 aromatic rings. The first-order valence-corrected chi connectivity index (χ1v) is 9.59. The molecule has 126 valence electrons. The predicted octanol–water partition coefficient (Wildman–Crippen LogP) is 5.15. The molecule has 0 spiro atoms. The van der Waals surface area contributed by atoms with Crippen molar-refractivity contribution < 1.29 is 4.42 Å². The largest absolute Gasteiger partial charge is 0.464 e. The lowest BCUT2D eigenvalue weighted by molar-refractivity contribution is 0.583. The van der Waals surface area contributed by atoms with Crippen LogP contribution in [-0.4, -0.2) is 15.0 Å². The van der Waals surface area contributed by atoms with Gasteiger partial charge in [-0.2, -0.15) is 0 Å². The molecule has 0 aromatic carbocycles. The minimum atomic E-state index is -0.174. The number of thioether (sulfide) groups is 1. The smallest absolute Gasteiger partial charge is 0.260 e.